The Morgan fingerprint density at radius 1 is 1.34 bits per heavy atom. The summed E-state index contributed by atoms with van der Waals surface area (Å²) in [6.07, 6.45) is 2.82. The number of methoxy groups -OCH3 is 1. The van der Waals surface area contributed by atoms with Crippen LogP contribution in [0, 0.1) is 5.92 Å². The zero-order chi connectivity index (χ0) is 20.8. The average molecular weight is 442 g/mol. The van der Waals surface area contributed by atoms with Gasteiger partial charge in [-0.3, -0.25) is 9.59 Å². The molecule has 3 rings (SSSR count). The van der Waals surface area contributed by atoms with Gasteiger partial charge < -0.3 is 19.9 Å². The number of piperazine rings is 1. The van der Waals surface area contributed by atoms with E-state index in [4.69, 9.17) is 16.3 Å². The standard InChI is InChI=1S/C19H28ClN5O3S/c1-13-11-24(7-8-25(13)18(27)14-4-5-14)16-10-15(20)22-19(23-16)29-12-17(26)21-6-3-9-28-2/h10,13-14H,3-9,11-12H2,1-2H3,(H,21,26). The van der Waals surface area contributed by atoms with Gasteiger partial charge in [0.25, 0.3) is 0 Å². The predicted molar refractivity (Wildman–Crippen MR) is 113 cm³/mol. The van der Waals surface area contributed by atoms with Crippen LogP contribution in [-0.2, 0) is 14.3 Å². The minimum atomic E-state index is -0.0722. The van der Waals surface area contributed by atoms with Crippen molar-refractivity contribution in [2.45, 2.75) is 37.4 Å². The van der Waals surface area contributed by atoms with Crippen LogP contribution in [0.3, 0.4) is 0 Å². The van der Waals surface area contributed by atoms with Crippen molar-refractivity contribution in [1.29, 1.82) is 0 Å². The van der Waals surface area contributed by atoms with Crippen molar-refractivity contribution in [1.82, 2.24) is 20.2 Å². The van der Waals surface area contributed by atoms with E-state index in [-0.39, 0.29) is 29.5 Å². The number of amides is 2. The van der Waals surface area contributed by atoms with Crippen LogP contribution < -0.4 is 10.2 Å². The molecule has 10 heteroatoms. The number of carbonyl (C=O) groups excluding carboxylic acids is 2. The molecule has 1 aromatic rings. The highest BCUT2D eigenvalue weighted by Crippen LogP contribution is 2.32. The fraction of sp³-hybridized carbons (Fsp3) is 0.684. The molecule has 1 aliphatic carbocycles. The maximum Gasteiger partial charge on any atom is 0.230 e. The van der Waals surface area contributed by atoms with E-state index in [0.29, 0.717) is 43.1 Å². The van der Waals surface area contributed by atoms with Crippen LogP contribution in [-0.4, -0.2) is 78.4 Å². The smallest absolute Gasteiger partial charge is 0.230 e. The molecule has 8 nitrogen and oxygen atoms in total. The lowest BCUT2D eigenvalue weighted by molar-refractivity contribution is -0.135. The van der Waals surface area contributed by atoms with Crippen LogP contribution in [0.1, 0.15) is 26.2 Å². The molecule has 1 N–H and O–H groups in total. The number of anilines is 1. The SMILES string of the molecule is COCCCNC(=O)CSc1nc(Cl)cc(N2CCN(C(=O)C3CC3)C(C)C2)n1. The van der Waals surface area contributed by atoms with E-state index >= 15 is 0 Å². The van der Waals surface area contributed by atoms with Crippen LogP contribution in [0.15, 0.2) is 11.2 Å². The normalized spacial score (nSPS) is 19.3. The highest BCUT2D eigenvalue weighted by Gasteiger charge is 2.37. The Labute approximate surface area is 180 Å². The Hall–Kier alpha value is -1.58. The molecule has 29 heavy (non-hydrogen) atoms. The van der Waals surface area contributed by atoms with Gasteiger partial charge in [0.05, 0.1) is 5.75 Å². The second-order valence-corrected chi connectivity index (χ2v) is 8.75. The maximum atomic E-state index is 12.4. The third kappa shape index (κ3) is 6.45. The maximum absolute atomic E-state index is 12.4. The molecule has 0 bridgehead atoms. The van der Waals surface area contributed by atoms with Crippen LogP contribution in [0.2, 0.25) is 5.15 Å². The van der Waals surface area contributed by atoms with Gasteiger partial charge >= 0.3 is 0 Å². The number of nitrogens with one attached hydrogen (secondary N) is 1. The molecule has 2 aliphatic rings. The lowest BCUT2D eigenvalue weighted by Gasteiger charge is -2.40. The van der Waals surface area contributed by atoms with E-state index < -0.39 is 0 Å². The van der Waals surface area contributed by atoms with Crippen molar-refractivity contribution < 1.29 is 14.3 Å². The second kappa shape index (κ2) is 10.4. The van der Waals surface area contributed by atoms with Crippen LogP contribution in [0.4, 0.5) is 5.82 Å². The summed E-state index contributed by atoms with van der Waals surface area (Å²) >= 11 is 7.46. The molecule has 1 aliphatic heterocycles. The number of hydrogen-bond donors (Lipinski definition) is 1. The van der Waals surface area contributed by atoms with Crippen molar-refractivity contribution in [3.05, 3.63) is 11.2 Å². The van der Waals surface area contributed by atoms with Gasteiger partial charge in [0, 0.05) is 57.9 Å². The van der Waals surface area contributed by atoms with Gasteiger partial charge in [-0.15, -0.1) is 0 Å². The fourth-order valence-electron chi connectivity index (χ4n) is 3.30. The van der Waals surface area contributed by atoms with Crippen molar-refractivity contribution in [3.8, 4) is 0 Å². The third-order valence-electron chi connectivity index (χ3n) is 5.00. The molecule has 0 radical (unpaired) electrons. The quantitative estimate of drug-likeness (QED) is 0.270. The topological polar surface area (TPSA) is 87.7 Å². The monoisotopic (exact) mass is 441 g/mol. The minimum absolute atomic E-state index is 0.0722. The van der Waals surface area contributed by atoms with Gasteiger partial charge in [-0.2, -0.15) is 0 Å². The van der Waals surface area contributed by atoms with Crippen LogP contribution in [0.25, 0.3) is 0 Å². The van der Waals surface area contributed by atoms with Crippen molar-refractivity contribution >= 4 is 41.0 Å². The molecular weight excluding hydrogens is 414 g/mol. The van der Waals surface area contributed by atoms with Crippen LogP contribution in [0.5, 0.6) is 0 Å². The van der Waals surface area contributed by atoms with E-state index in [0.717, 1.165) is 25.1 Å². The number of halogens is 1. The van der Waals surface area contributed by atoms with Crippen molar-refractivity contribution in [2.24, 2.45) is 5.92 Å². The Morgan fingerprint density at radius 2 is 2.14 bits per heavy atom. The van der Waals surface area contributed by atoms with E-state index in [2.05, 4.69) is 27.1 Å². The van der Waals surface area contributed by atoms with Gasteiger partial charge in [0.15, 0.2) is 5.16 Å². The van der Waals surface area contributed by atoms with E-state index in [1.807, 2.05) is 4.90 Å². The van der Waals surface area contributed by atoms with Crippen LogP contribution >= 0.6 is 23.4 Å². The van der Waals surface area contributed by atoms with E-state index in [9.17, 15) is 9.59 Å². The van der Waals surface area contributed by atoms with Crippen molar-refractivity contribution in [3.63, 3.8) is 0 Å². The Balaban J connectivity index is 1.53. The summed E-state index contributed by atoms with van der Waals surface area (Å²) in [6.45, 7) is 5.36. The van der Waals surface area contributed by atoms with E-state index in [1.54, 1.807) is 13.2 Å². The van der Waals surface area contributed by atoms with Gasteiger partial charge in [-0.25, -0.2) is 9.97 Å². The molecule has 1 saturated carbocycles. The summed E-state index contributed by atoms with van der Waals surface area (Å²) in [5.41, 5.74) is 0. The first-order valence-electron chi connectivity index (χ1n) is 9.96. The Morgan fingerprint density at radius 3 is 2.83 bits per heavy atom. The first-order valence-corrected chi connectivity index (χ1v) is 11.3. The summed E-state index contributed by atoms with van der Waals surface area (Å²) in [5, 5.41) is 3.66. The summed E-state index contributed by atoms with van der Waals surface area (Å²) in [7, 11) is 1.64. The molecule has 1 atom stereocenters. The summed E-state index contributed by atoms with van der Waals surface area (Å²) in [6, 6.07) is 1.86. The average Bonchev–Trinajstić information content (AvgIpc) is 3.54. The molecule has 2 amide bonds. The number of aromatic nitrogens is 2. The Kier molecular flexibility index (Phi) is 7.97. The van der Waals surface area contributed by atoms with Crippen molar-refractivity contribution in [2.75, 3.05) is 50.5 Å². The summed E-state index contributed by atoms with van der Waals surface area (Å²) in [4.78, 5) is 37.3. The first kappa shape index (κ1) is 22.1. The zero-order valence-electron chi connectivity index (χ0n) is 16.9. The molecule has 2 heterocycles. The second-order valence-electron chi connectivity index (χ2n) is 7.42. The minimum Gasteiger partial charge on any atom is -0.385 e. The number of hydrogen-bond acceptors (Lipinski definition) is 7. The molecule has 0 aromatic carbocycles. The first-order chi connectivity index (χ1) is 14.0. The Bertz CT molecular complexity index is 734. The summed E-state index contributed by atoms with van der Waals surface area (Å²) < 4.78 is 4.96. The molecule has 2 fully saturated rings. The van der Waals surface area contributed by atoms with Gasteiger partial charge in [-0.1, -0.05) is 23.4 Å². The van der Waals surface area contributed by atoms with E-state index in [1.165, 1.54) is 11.8 Å². The number of carbonyl (C=O) groups is 2. The highest BCUT2D eigenvalue weighted by atomic mass is 35.5. The number of nitrogens with zero attached hydrogens (tertiary/aromatic N) is 4. The third-order valence-corrected chi connectivity index (χ3v) is 6.04. The molecular formula is C19H28ClN5O3S. The van der Waals surface area contributed by atoms with Gasteiger partial charge in [0.1, 0.15) is 11.0 Å². The number of thioether (sulfide) groups is 1. The molecule has 1 unspecified atom stereocenters. The zero-order valence-corrected chi connectivity index (χ0v) is 18.5. The largest absolute Gasteiger partial charge is 0.385 e. The predicted octanol–water partition coefficient (Wildman–Crippen LogP) is 1.82. The summed E-state index contributed by atoms with van der Waals surface area (Å²) in [5.74, 6) is 1.41. The fourth-order valence-corrected chi connectivity index (χ4v) is 4.21. The molecule has 160 valence electrons. The van der Waals surface area contributed by atoms with Gasteiger partial charge in [-0.05, 0) is 26.2 Å². The molecule has 1 saturated heterocycles. The highest BCUT2D eigenvalue weighted by molar-refractivity contribution is 7.99. The number of rotatable bonds is 9. The number of ether oxygens (including phenoxy) is 1. The lowest BCUT2D eigenvalue weighted by atomic mass is 10.1. The van der Waals surface area contributed by atoms with Gasteiger partial charge in [0.2, 0.25) is 11.8 Å². The molecule has 0 spiro atoms. The molecule has 1 aromatic heterocycles. The lowest BCUT2D eigenvalue weighted by Crippen LogP contribution is -2.54.